The summed E-state index contributed by atoms with van der Waals surface area (Å²) in [6, 6.07) is 0. The van der Waals surface area contributed by atoms with Crippen molar-refractivity contribution in [2.45, 2.75) is 153 Å². The third kappa shape index (κ3) is 15.9. The fourth-order valence-corrected chi connectivity index (χ4v) is 4.48. The molecule has 6 unspecified atom stereocenters. The van der Waals surface area contributed by atoms with Gasteiger partial charge in [0.05, 0.1) is 13.2 Å². The van der Waals surface area contributed by atoms with Gasteiger partial charge in [-0.1, -0.05) is 90.9 Å². The smallest absolute Gasteiger partial charge is 0.306 e. The molecule has 0 spiro atoms. The Labute approximate surface area is 234 Å². The van der Waals surface area contributed by atoms with Gasteiger partial charge in [-0.2, -0.15) is 0 Å². The second kappa shape index (κ2) is 22.4. The molecule has 0 amide bonds. The Morgan fingerprint density at radius 2 is 1.21 bits per heavy atom. The lowest BCUT2D eigenvalue weighted by atomic mass is 9.99. The quantitative estimate of drug-likeness (QED) is 0.107. The molecule has 1 saturated heterocycles. The first kappa shape index (κ1) is 35.7. The van der Waals surface area contributed by atoms with Crippen LogP contribution in [-0.4, -0.2) is 89.0 Å². The topological polar surface area (TPSA) is 152 Å². The number of rotatable bonds is 23. The van der Waals surface area contributed by atoms with E-state index in [9.17, 15) is 30.0 Å². The highest BCUT2D eigenvalue weighted by atomic mass is 16.7. The van der Waals surface area contributed by atoms with Crippen LogP contribution in [0.5, 0.6) is 0 Å². The normalized spacial score (nSPS) is 23.9. The zero-order valence-corrected chi connectivity index (χ0v) is 24.1. The molecule has 39 heavy (non-hydrogen) atoms. The van der Waals surface area contributed by atoms with E-state index in [0.717, 1.165) is 44.9 Å². The fourth-order valence-electron chi connectivity index (χ4n) is 4.48. The summed E-state index contributed by atoms with van der Waals surface area (Å²) in [7, 11) is 0. The summed E-state index contributed by atoms with van der Waals surface area (Å²) in [4.78, 5) is 24.6. The SMILES string of the molecule is CCCCCCCCCCCCC(=O)OC(COC(=O)CCCCCC)COC1OC(CO)C(O)C(O)C1O. The number of hydrogen-bond acceptors (Lipinski definition) is 10. The minimum atomic E-state index is -1.58. The first-order valence-corrected chi connectivity index (χ1v) is 15.1. The summed E-state index contributed by atoms with van der Waals surface area (Å²) in [5, 5.41) is 39.5. The average Bonchev–Trinajstić information content (AvgIpc) is 2.93. The molecule has 1 aliphatic rings. The molecule has 0 radical (unpaired) electrons. The van der Waals surface area contributed by atoms with Crippen LogP contribution in [0.15, 0.2) is 0 Å². The molecule has 6 atom stereocenters. The number of unbranched alkanes of at least 4 members (excludes halogenated alkanes) is 12. The van der Waals surface area contributed by atoms with Gasteiger partial charge in [-0.15, -0.1) is 0 Å². The van der Waals surface area contributed by atoms with E-state index in [1.165, 1.54) is 38.5 Å². The van der Waals surface area contributed by atoms with Crippen molar-refractivity contribution in [2.75, 3.05) is 19.8 Å². The zero-order valence-electron chi connectivity index (χ0n) is 24.1. The Morgan fingerprint density at radius 3 is 1.77 bits per heavy atom. The van der Waals surface area contributed by atoms with Crippen molar-refractivity contribution < 1.29 is 49.0 Å². The van der Waals surface area contributed by atoms with E-state index < -0.39 is 55.4 Å². The third-order valence-corrected chi connectivity index (χ3v) is 6.99. The van der Waals surface area contributed by atoms with Crippen LogP contribution in [0.2, 0.25) is 0 Å². The fraction of sp³-hybridized carbons (Fsp3) is 0.931. The van der Waals surface area contributed by atoms with Crippen LogP contribution < -0.4 is 0 Å². The molecule has 1 rings (SSSR count). The maximum atomic E-state index is 12.5. The van der Waals surface area contributed by atoms with Crippen molar-refractivity contribution >= 4 is 11.9 Å². The largest absolute Gasteiger partial charge is 0.462 e. The average molecular weight is 563 g/mol. The molecule has 10 nitrogen and oxygen atoms in total. The highest BCUT2D eigenvalue weighted by Gasteiger charge is 2.44. The minimum absolute atomic E-state index is 0.214. The van der Waals surface area contributed by atoms with Gasteiger partial charge in [-0.3, -0.25) is 9.59 Å². The predicted molar refractivity (Wildman–Crippen MR) is 146 cm³/mol. The van der Waals surface area contributed by atoms with E-state index in [4.69, 9.17) is 18.9 Å². The molecule has 0 aromatic heterocycles. The molecule has 10 heteroatoms. The van der Waals surface area contributed by atoms with Gasteiger partial charge in [0.1, 0.15) is 31.0 Å². The lowest BCUT2D eigenvalue weighted by Crippen LogP contribution is -2.59. The minimum Gasteiger partial charge on any atom is -0.462 e. The lowest BCUT2D eigenvalue weighted by molar-refractivity contribution is -0.305. The molecule has 4 N–H and O–H groups in total. The number of aliphatic hydroxyl groups is 4. The first-order valence-electron chi connectivity index (χ1n) is 15.1. The van der Waals surface area contributed by atoms with Crippen molar-refractivity contribution in [3.8, 4) is 0 Å². The van der Waals surface area contributed by atoms with Crippen molar-refractivity contribution in [1.29, 1.82) is 0 Å². The molecule has 1 aliphatic heterocycles. The number of carbonyl (C=O) groups excluding carboxylic acids is 2. The van der Waals surface area contributed by atoms with Gasteiger partial charge in [0.15, 0.2) is 12.4 Å². The Bertz CT molecular complexity index is 629. The van der Waals surface area contributed by atoms with Crippen LogP contribution in [0.3, 0.4) is 0 Å². The lowest BCUT2D eigenvalue weighted by Gasteiger charge is -2.39. The van der Waals surface area contributed by atoms with Crippen LogP contribution in [0.1, 0.15) is 117 Å². The van der Waals surface area contributed by atoms with Crippen molar-refractivity contribution in [3.05, 3.63) is 0 Å². The summed E-state index contributed by atoms with van der Waals surface area (Å²) >= 11 is 0. The number of aliphatic hydroxyl groups excluding tert-OH is 4. The Kier molecular flexibility index (Phi) is 20.5. The zero-order chi connectivity index (χ0) is 28.9. The number of ether oxygens (including phenoxy) is 4. The van der Waals surface area contributed by atoms with E-state index in [-0.39, 0.29) is 26.1 Å². The molecule has 0 aromatic rings. The number of hydrogen-bond donors (Lipinski definition) is 4. The molecule has 0 saturated carbocycles. The standard InChI is InChI=1S/C29H54O10/c1-3-5-7-9-10-11-12-13-14-16-18-25(32)38-22(20-36-24(31)17-15-8-6-4-2)21-37-29-28(35)27(34)26(33)23(19-30)39-29/h22-23,26-30,33-35H,3-21H2,1-2H3. The van der Waals surface area contributed by atoms with E-state index in [1.807, 2.05) is 0 Å². The number of esters is 2. The summed E-state index contributed by atoms with van der Waals surface area (Å²) in [6.07, 6.45) is 7.64. The second-order valence-electron chi connectivity index (χ2n) is 10.6. The van der Waals surface area contributed by atoms with E-state index >= 15 is 0 Å². The van der Waals surface area contributed by atoms with Gasteiger partial charge in [0.25, 0.3) is 0 Å². The van der Waals surface area contributed by atoms with Gasteiger partial charge in [0.2, 0.25) is 0 Å². The summed E-state index contributed by atoms with van der Waals surface area (Å²) in [5.74, 6) is -0.828. The summed E-state index contributed by atoms with van der Waals surface area (Å²) in [6.45, 7) is 3.23. The first-order chi connectivity index (χ1) is 18.8. The maximum absolute atomic E-state index is 12.5. The second-order valence-corrected chi connectivity index (χ2v) is 10.6. The van der Waals surface area contributed by atoms with Crippen LogP contribution in [0.4, 0.5) is 0 Å². The predicted octanol–water partition coefficient (Wildman–Crippen LogP) is 3.54. The molecule has 0 aliphatic carbocycles. The maximum Gasteiger partial charge on any atom is 0.306 e. The highest BCUT2D eigenvalue weighted by molar-refractivity contribution is 5.70. The molecule has 0 aromatic carbocycles. The van der Waals surface area contributed by atoms with E-state index in [2.05, 4.69) is 13.8 Å². The van der Waals surface area contributed by atoms with Crippen LogP contribution in [-0.2, 0) is 28.5 Å². The molecular weight excluding hydrogens is 508 g/mol. The van der Waals surface area contributed by atoms with Gasteiger partial charge < -0.3 is 39.4 Å². The molecule has 0 bridgehead atoms. The van der Waals surface area contributed by atoms with Crippen molar-refractivity contribution in [2.24, 2.45) is 0 Å². The van der Waals surface area contributed by atoms with Crippen LogP contribution in [0.25, 0.3) is 0 Å². The Morgan fingerprint density at radius 1 is 0.692 bits per heavy atom. The molecular formula is C29H54O10. The Balaban J connectivity index is 2.48. The summed E-state index contributed by atoms with van der Waals surface area (Å²) < 4.78 is 21.7. The number of carbonyl (C=O) groups is 2. The van der Waals surface area contributed by atoms with E-state index in [0.29, 0.717) is 6.42 Å². The van der Waals surface area contributed by atoms with Crippen LogP contribution in [0, 0.1) is 0 Å². The summed E-state index contributed by atoms with van der Waals surface area (Å²) in [5.41, 5.74) is 0. The Hall–Kier alpha value is -1.30. The third-order valence-electron chi connectivity index (χ3n) is 6.99. The van der Waals surface area contributed by atoms with Gasteiger partial charge in [0, 0.05) is 12.8 Å². The van der Waals surface area contributed by atoms with Crippen molar-refractivity contribution in [1.82, 2.24) is 0 Å². The molecule has 1 heterocycles. The van der Waals surface area contributed by atoms with Gasteiger partial charge in [-0.25, -0.2) is 0 Å². The monoisotopic (exact) mass is 562 g/mol. The van der Waals surface area contributed by atoms with Crippen LogP contribution >= 0.6 is 0 Å². The van der Waals surface area contributed by atoms with Crippen molar-refractivity contribution in [3.63, 3.8) is 0 Å². The molecule has 1 fully saturated rings. The van der Waals surface area contributed by atoms with Gasteiger partial charge in [-0.05, 0) is 12.8 Å². The van der Waals surface area contributed by atoms with E-state index in [1.54, 1.807) is 0 Å². The highest BCUT2D eigenvalue weighted by Crippen LogP contribution is 2.22. The molecule has 230 valence electrons. The van der Waals surface area contributed by atoms with Gasteiger partial charge >= 0.3 is 11.9 Å².